The molecule has 3 aromatic rings. The molecule has 0 spiro atoms. The van der Waals surface area contributed by atoms with Gasteiger partial charge in [0.25, 0.3) is 0 Å². The van der Waals surface area contributed by atoms with Crippen LogP contribution in [0.4, 0.5) is 5.13 Å². The first-order valence-corrected chi connectivity index (χ1v) is 12.9. The van der Waals surface area contributed by atoms with Gasteiger partial charge in [0, 0.05) is 48.7 Å². The van der Waals surface area contributed by atoms with Gasteiger partial charge in [-0.1, -0.05) is 32.1 Å². The number of fused-ring (bicyclic) bond motifs is 3. The highest BCUT2D eigenvalue weighted by atomic mass is 32.1. The Morgan fingerprint density at radius 2 is 1.97 bits per heavy atom. The van der Waals surface area contributed by atoms with Crippen LogP contribution >= 0.6 is 11.3 Å². The number of rotatable bonds is 5. The number of pyridine rings is 1. The average molecular weight is 494 g/mol. The van der Waals surface area contributed by atoms with Crippen LogP contribution in [-0.2, 0) is 11.2 Å². The molecule has 1 aromatic carbocycles. The average Bonchev–Trinajstić information content (AvgIpc) is 3.24. The van der Waals surface area contributed by atoms with Crippen molar-refractivity contribution in [3.63, 3.8) is 0 Å². The summed E-state index contributed by atoms with van der Waals surface area (Å²) in [6.07, 6.45) is 5.59. The number of ether oxygens (including phenoxy) is 2. The van der Waals surface area contributed by atoms with E-state index in [9.17, 15) is 9.59 Å². The maximum atomic E-state index is 13.0. The Morgan fingerprint density at radius 1 is 1.20 bits per heavy atom. The Labute approximate surface area is 209 Å². The molecule has 7 nitrogen and oxygen atoms in total. The molecule has 4 heterocycles. The number of nitrogens with zero attached hydrogens (tertiary/aromatic N) is 3. The first kappa shape index (κ1) is 23.6. The molecule has 35 heavy (non-hydrogen) atoms. The second kappa shape index (κ2) is 8.82. The first-order valence-electron chi connectivity index (χ1n) is 12.1. The monoisotopic (exact) mass is 493 g/mol. The van der Waals surface area contributed by atoms with Gasteiger partial charge >= 0.3 is 5.97 Å². The molecule has 0 saturated carbocycles. The van der Waals surface area contributed by atoms with E-state index in [4.69, 9.17) is 9.47 Å². The van der Waals surface area contributed by atoms with Gasteiger partial charge in [0.05, 0.1) is 24.3 Å². The van der Waals surface area contributed by atoms with Crippen molar-refractivity contribution in [2.75, 3.05) is 31.7 Å². The lowest BCUT2D eigenvalue weighted by Crippen LogP contribution is -2.36. The van der Waals surface area contributed by atoms with Crippen molar-refractivity contribution >= 4 is 22.4 Å². The van der Waals surface area contributed by atoms with Crippen LogP contribution in [0.3, 0.4) is 0 Å². The number of anilines is 1. The number of hydrogen-bond donors (Lipinski definition) is 0. The Morgan fingerprint density at radius 3 is 2.60 bits per heavy atom. The van der Waals surface area contributed by atoms with Gasteiger partial charge in [0.2, 0.25) is 0 Å². The van der Waals surface area contributed by atoms with Gasteiger partial charge in [-0.05, 0) is 42.9 Å². The number of thiazole rings is 1. The van der Waals surface area contributed by atoms with Gasteiger partial charge in [-0.15, -0.1) is 0 Å². The molecule has 1 saturated heterocycles. The summed E-state index contributed by atoms with van der Waals surface area (Å²) in [5.41, 5.74) is 3.54. The smallest absolute Gasteiger partial charge is 0.343 e. The van der Waals surface area contributed by atoms with Gasteiger partial charge in [-0.2, -0.15) is 0 Å². The number of esters is 1. The number of carbonyl (C=O) groups is 1. The predicted molar refractivity (Wildman–Crippen MR) is 139 cm³/mol. The van der Waals surface area contributed by atoms with E-state index in [-0.39, 0.29) is 29.1 Å². The fourth-order valence-electron chi connectivity index (χ4n) is 4.85. The lowest BCUT2D eigenvalue weighted by Gasteiger charge is -2.39. The van der Waals surface area contributed by atoms with Gasteiger partial charge < -0.3 is 18.9 Å². The summed E-state index contributed by atoms with van der Waals surface area (Å²) in [6, 6.07) is 5.82. The third kappa shape index (κ3) is 4.14. The lowest BCUT2D eigenvalue weighted by atomic mass is 9.78. The molecule has 1 fully saturated rings. The van der Waals surface area contributed by atoms with E-state index in [0.29, 0.717) is 0 Å². The van der Waals surface area contributed by atoms with Crippen molar-refractivity contribution in [3.05, 3.63) is 51.9 Å². The van der Waals surface area contributed by atoms with Gasteiger partial charge in [-0.25, -0.2) is 9.78 Å². The number of hydrogen-bond acceptors (Lipinski definition) is 7. The predicted octanol–water partition coefficient (Wildman–Crippen LogP) is 5.18. The Hall–Kier alpha value is -3.13. The van der Waals surface area contributed by atoms with E-state index >= 15 is 0 Å². The van der Waals surface area contributed by atoms with Crippen molar-refractivity contribution in [1.29, 1.82) is 0 Å². The molecular weight excluding hydrogens is 462 g/mol. The Balaban J connectivity index is 1.66. The third-order valence-electron chi connectivity index (χ3n) is 6.91. The standard InChI is InChI=1S/C27H31N3O4S/c1-6-34-25(32)19-15-30-20(13-21(19)31)17-12-22(33-5)18(10-16(17)11-24(30)27(2,3)4)23-14-28-26(35-23)29-8-7-9-29/h10,12-15,24H,6-9,11H2,1-5H3. The topological polar surface area (TPSA) is 73.7 Å². The molecule has 0 bridgehead atoms. The molecule has 0 aliphatic carbocycles. The number of carbonyl (C=O) groups excluding carboxylic acids is 1. The van der Waals surface area contributed by atoms with E-state index in [2.05, 4.69) is 41.3 Å². The summed E-state index contributed by atoms with van der Waals surface area (Å²) in [5.74, 6) is 0.160. The Bertz CT molecular complexity index is 1350. The van der Waals surface area contributed by atoms with Crippen molar-refractivity contribution < 1.29 is 14.3 Å². The third-order valence-corrected chi connectivity index (χ3v) is 8.00. The zero-order chi connectivity index (χ0) is 24.9. The highest BCUT2D eigenvalue weighted by Gasteiger charge is 2.34. The fraction of sp³-hybridized carbons (Fsp3) is 0.444. The summed E-state index contributed by atoms with van der Waals surface area (Å²) < 4.78 is 13.0. The van der Waals surface area contributed by atoms with Crippen LogP contribution in [-0.4, -0.2) is 42.3 Å². The van der Waals surface area contributed by atoms with Crippen molar-refractivity contribution in [3.8, 4) is 27.4 Å². The van der Waals surface area contributed by atoms with Gasteiger partial charge in [-0.3, -0.25) is 4.79 Å². The fourth-order valence-corrected chi connectivity index (χ4v) is 5.84. The van der Waals surface area contributed by atoms with E-state index in [1.165, 1.54) is 6.42 Å². The molecule has 2 aliphatic rings. The maximum absolute atomic E-state index is 13.0. The highest BCUT2D eigenvalue weighted by molar-refractivity contribution is 7.19. The lowest BCUT2D eigenvalue weighted by molar-refractivity contribution is 0.0523. The van der Waals surface area contributed by atoms with Gasteiger partial charge in [0.1, 0.15) is 11.3 Å². The zero-order valence-electron chi connectivity index (χ0n) is 20.9. The zero-order valence-corrected chi connectivity index (χ0v) is 21.7. The van der Waals surface area contributed by atoms with Crippen LogP contribution in [0.25, 0.3) is 21.7 Å². The summed E-state index contributed by atoms with van der Waals surface area (Å²) in [6.45, 7) is 10.6. The molecule has 5 rings (SSSR count). The van der Waals surface area contributed by atoms with Crippen molar-refractivity contribution in [1.82, 2.24) is 9.55 Å². The largest absolute Gasteiger partial charge is 0.496 e. The maximum Gasteiger partial charge on any atom is 0.343 e. The molecule has 1 unspecified atom stereocenters. The van der Waals surface area contributed by atoms with E-state index < -0.39 is 5.97 Å². The van der Waals surface area contributed by atoms with Crippen molar-refractivity contribution in [2.24, 2.45) is 5.41 Å². The minimum Gasteiger partial charge on any atom is -0.496 e. The quantitative estimate of drug-likeness (QED) is 0.456. The second-order valence-corrected chi connectivity index (χ2v) is 11.2. The summed E-state index contributed by atoms with van der Waals surface area (Å²) in [7, 11) is 1.67. The second-order valence-electron chi connectivity index (χ2n) is 10.2. The van der Waals surface area contributed by atoms with Crippen LogP contribution in [0, 0.1) is 5.41 Å². The number of benzene rings is 1. The van der Waals surface area contributed by atoms with Crippen LogP contribution in [0.1, 0.15) is 56.1 Å². The molecule has 8 heteroatoms. The number of aromatic nitrogens is 2. The Kier molecular flexibility index (Phi) is 5.95. The summed E-state index contributed by atoms with van der Waals surface area (Å²) in [4.78, 5) is 33.4. The summed E-state index contributed by atoms with van der Waals surface area (Å²) >= 11 is 1.68. The van der Waals surface area contributed by atoms with E-state index in [1.807, 2.05) is 12.3 Å². The molecule has 0 N–H and O–H groups in total. The number of methoxy groups -OCH3 is 1. The normalized spacial score (nSPS) is 16.8. The molecule has 184 valence electrons. The SMILES string of the molecule is CCOC(=O)c1cn2c(cc1=O)-c1cc(OC)c(-c3cnc(N4CCC4)s3)cc1CC2C(C)(C)C. The van der Waals surface area contributed by atoms with Crippen LogP contribution in [0.5, 0.6) is 5.75 Å². The molecular formula is C27H31N3O4S. The summed E-state index contributed by atoms with van der Waals surface area (Å²) in [5, 5.41) is 1.04. The minimum absolute atomic E-state index is 0.0538. The molecule has 1 atom stereocenters. The van der Waals surface area contributed by atoms with Crippen LogP contribution < -0.4 is 15.1 Å². The van der Waals surface area contributed by atoms with Crippen LogP contribution in [0.15, 0.2) is 35.4 Å². The minimum atomic E-state index is -0.581. The first-order chi connectivity index (χ1) is 16.7. The van der Waals surface area contributed by atoms with Crippen LogP contribution in [0.2, 0.25) is 0 Å². The van der Waals surface area contributed by atoms with E-state index in [0.717, 1.165) is 57.7 Å². The highest BCUT2D eigenvalue weighted by Crippen LogP contribution is 2.47. The molecule has 0 radical (unpaired) electrons. The molecule has 2 aliphatic heterocycles. The van der Waals surface area contributed by atoms with Gasteiger partial charge in [0.15, 0.2) is 10.6 Å². The van der Waals surface area contributed by atoms with Crippen molar-refractivity contribution in [2.45, 2.75) is 46.6 Å². The molecule has 0 amide bonds. The molecule has 2 aromatic heterocycles. The van der Waals surface area contributed by atoms with E-state index in [1.54, 1.807) is 37.6 Å².